The van der Waals surface area contributed by atoms with Crippen LogP contribution in [0.1, 0.15) is 32.3 Å². The van der Waals surface area contributed by atoms with Crippen molar-refractivity contribution in [1.29, 1.82) is 0 Å². The summed E-state index contributed by atoms with van der Waals surface area (Å²) in [6, 6.07) is 6.62. The van der Waals surface area contributed by atoms with Crippen LogP contribution in [0.5, 0.6) is 0 Å². The van der Waals surface area contributed by atoms with Crippen molar-refractivity contribution in [3.05, 3.63) is 35.6 Å². The van der Waals surface area contributed by atoms with Crippen molar-refractivity contribution in [2.45, 2.75) is 38.8 Å². The first-order valence-electron chi connectivity index (χ1n) is 6.37. The maximum absolute atomic E-state index is 13.0. The molecule has 98 valence electrons. The van der Waals surface area contributed by atoms with Gasteiger partial charge >= 0.3 is 0 Å². The van der Waals surface area contributed by atoms with Crippen LogP contribution in [-0.4, -0.2) is 16.5 Å². The van der Waals surface area contributed by atoms with Crippen molar-refractivity contribution in [2.24, 2.45) is 4.99 Å². The number of benzene rings is 1. The molecule has 0 aromatic heterocycles. The number of aliphatic imine (C=N–C) groups is 1. The Morgan fingerprint density at radius 2 is 2.17 bits per heavy atom. The highest BCUT2D eigenvalue weighted by molar-refractivity contribution is 8.14. The van der Waals surface area contributed by atoms with Gasteiger partial charge in [-0.3, -0.25) is 4.99 Å². The zero-order valence-corrected chi connectivity index (χ0v) is 11.7. The van der Waals surface area contributed by atoms with E-state index in [0.717, 1.165) is 29.3 Å². The van der Waals surface area contributed by atoms with Crippen LogP contribution >= 0.6 is 11.8 Å². The number of halogens is 1. The van der Waals surface area contributed by atoms with Crippen LogP contribution < -0.4 is 5.32 Å². The van der Waals surface area contributed by atoms with E-state index in [0.29, 0.717) is 6.54 Å². The molecule has 0 aliphatic carbocycles. The van der Waals surface area contributed by atoms with Crippen LogP contribution in [-0.2, 0) is 6.54 Å². The Balaban J connectivity index is 1.99. The third kappa shape index (κ3) is 3.05. The van der Waals surface area contributed by atoms with Gasteiger partial charge in [0, 0.05) is 11.3 Å². The summed E-state index contributed by atoms with van der Waals surface area (Å²) < 4.78 is 13.0. The largest absolute Gasteiger partial charge is 0.359 e. The van der Waals surface area contributed by atoms with Gasteiger partial charge in [0.15, 0.2) is 5.17 Å². The molecule has 0 radical (unpaired) electrons. The van der Waals surface area contributed by atoms with Gasteiger partial charge in [-0.05, 0) is 30.5 Å². The number of thioether (sulfide) groups is 1. The van der Waals surface area contributed by atoms with Gasteiger partial charge in [-0.1, -0.05) is 37.7 Å². The predicted octanol–water partition coefficient (Wildman–Crippen LogP) is 3.58. The molecule has 0 spiro atoms. The fourth-order valence-electron chi connectivity index (χ4n) is 2.02. The molecular formula is C14H19FN2S. The first kappa shape index (κ1) is 13.4. The second kappa shape index (κ2) is 5.74. The van der Waals surface area contributed by atoms with Crippen LogP contribution in [0.4, 0.5) is 4.39 Å². The van der Waals surface area contributed by atoms with Gasteiger partial charge in [0.2, 0.25) is 0 Å². The van der Waals surface area contributed by atoms with Gasteiger partial charge in [0.25, 0.3) is 0 Å². The monoisotopic (exact) mass is 266 g/mol. The van der Waals surface area contributed by atoms with E-state index in [2.05, 4.69) is 24.2 Å². The number of hydrogen-bond acceptors (Lipinski definition) is 2. The highest BCUT2D eigenvalue weighted by atomic mass is 32.2. The maximum Gasteiger partial charge on any atom is 0.157 e. The number of amidine groups is 1. The third-order valence-electron chi connectivity index (χ3n) is 3.51. The number of nitrogens with one attached hydrogen (secondary N) is 1. The minimum absolute atomic E-state index is 0.198. The second-order valence-corrected chi connectivity index (χ2v) is 5.62. The quantitative estimate of drug-likeness (QED) is 0.901. The second-order valence-electron chi connectivity index (χ2n) is 4.65. The van der Waals surface area contributed by atoms with Crippen molar-refractivity contribution in [2.75, 3.05) is 5.75 Å². The molecule has 1 aromatic carbocycles. The van der Waals surface area contributed by atoms with Gasteiger partial charge in [-0.25, -0.2) is 4.39 Å². The Morgan fingerprint density at radius 1 is 1.39 bits per heavy atom. The van der Waals surface area contributed by atoms with Crippen molar-refractivity contribution in [1.82, 2.24) is 5.32 Å². The van der Waals surface area contributed by atoms with Gasteiger partial charge in [0.05, 0.1) is 6.54 Å². The van der Waals surface area contributed by atoms with Gasteiger partial charge in [-0.15, -0.1) is 0 Å². The molecule has 1 aromatic rings. The van der Waals surface area contributed by atoms with Gasteiger partial charge < -0.3 is 5.32 Å². The molecule has 1 fully saturated rings. The smallest absolute Gasteiger partial charge is 0.157 e. The lowest BCUT2D eigenvalue weighted by atomic mass is 9.96. The summed E-state index contributed by atoms with van der Waals surface area (Å²) in [5.74, 6) is 0.873. The predicted molar refractivity (Wildman–Crippen MR) is 76.4 cm³/mol. The van der Waals surface area contributed by atoms with Crippen LogP contribution in [0.15, 0.2) is 29.3 Å². The molecule has 1 aliphatic rings. The summed E-state index contributed by atoms with van der Waals surface area (Å²) in [5.41, 5.74) is 1.11. The number of rotatable bonds is 4. The molecule has 0 amide bonds. The molecule has 1 aliphatic heterocycles. The van der Waals surface area contributed by atoms with Gasteiger partial charge in [0.1, 0.15) is 5.82 Å². The van der Waals surface area contributed by atoms with E-state index in [1.807, 2.05) is 6.07 Å². The van der Waals surface area contributed by atoms with Gasteiger partial charge in [-0.2, -0.15) is 0 Å². The fourth-order valence-corrected chi connectivity index (χ4v) is 3.36. The first-order valence-corrected chi connectivity index (χ1v) is 7.36. The highest BCUT2D eigenvalue weighted by Crippen LogP contribution is 2.29. The Morgan fingerprint density at radius 3 is 2.78 bits per heavy atom. The summed E-state index contributed by atoms with van der Waals surface area (Å²) in [6.45, 7) is 4.94. The lowest BCUT2D eigenvalue weighted by molar-refractivity contribution is 0.407. The van der Waals surface area contributed by atoms with Crippen LogP contribution in [0.3, 0.4) is 0 Å². The molecule has 0 saturated carbocycles. The first-order chi connectivity index (χ1) is 8.67. The molecule has 0 atom stereocenters. The minimum Gasteiger partial charge on any atom is -0.359 e. The zero-order valence-electron chi connectivity index (χ0n) is 10.9. The molecule has 1 saturated heterocycles. The minimum atomic E-state index is -0.198. The summed E-state index contributed by atoms with van der Waals surface area (Å²) >= 11 is 1.77. The molecule has 18 heavy (non-hydrogen) atoms. The average molecular weight is 266 g/mol. The van der Waals surface area contributed by atoms with E-state index in [9.17, 15) is 4.39 Å². The van der Waals surface area contributed by atoms with E-state index < -0.39 is 0 Å². The van der Waals surface area contributed by atoms with E-state index in [1.54, 1.807) is 17.8 Å². The topological polar surface area (TPSA) is 24.4 Å². The van der Waals surface area contributed by atoms with Crippen molar-refractivity contribution in [3.63, 3.8) is 0 Å². The van der Waals surface area contributed by atoms with Crippen molar-refractivity contribution in [3.8, 4) is 0 Å². The summed E-state index contributed by atoms with van der Waals surface area (Å²) in [7, 11) is 0. The van der Waals surface area contributed by atoms with E-state index in [1.165, 1.54) is 12.1 Å². The molecular weight excluding hydrogens is 247 g/mol. The molecule has 2 rings (SSSR count). The maximum atomic E-state index is 13.0. The molecule has 0 bridgehead atoms. The summed E-state index contributed by atoms with van der Waals surface area (Å²) in [6.07, 6.45) is 2.21. The standard InChI is InChI=1S/C14H19FN2S/c1-3-14(4-2)10-18-13(17-14)16-9-11-6-5-7-12(15)8-11/h5-8H,3-4,9-10H2,1-2H3,(H,16,17). The normalized spacial score (nSPS) is 20.1. The third-order valence-corrected chi connectivity index (χ3v) is 4.71. The zero-order chi connectivity index (χ0) is 13.0. The van der Waals surface area contributed by atoms with E-state index in [-0.39, 0.29) is 11.4 Å². The number of nitrogens with zero attached hydrogens (tertiary/aromatic N) is 1. The van der Waals surface area contributed by atoms with Crippen LogP contribution in [0, 0.1) is 5.82 Å². The lowest BCUT2D eigenvalue weighted by Crippen LogP contribution is -2.42. The Bertz CT molecular complexity index is 441. The highest BCUT2D eigenvalue weighted by Gasteiger charge is 2.33. The molecule has 0 unspecified atom stereocenters. The molecule has 4 heteroatoms. The van der Waals surface area contributed by atoms with E-state index >= 15 is 0 Å². The Hall–Kier alpha value is -1.03. The van der Waals surface area contributed by atoms with E-state index in [4.69, 9.17) is 0 Å². The van der Waals surface area contributed by atoms with Crippen LogP contribution in [0.2, 0.25) is 0 Å². The SMILES string of the molecule is CCC1(CC)CSC(=NCc2cccc(F)c2)N1. The summed E-state index contributed by atoms with van der Waals surface area (Å²) in [4.78, 5) is 4.53. The Kier molecular flexibility index (Phi) is 4.27. The molecule has 1 heterocycles. The molecule has 1 N–H and O–H groups in total. The molecule has 2 nitrogen and oxygen atoms in total. The van der Waals surface area contributed by atoms with Crippen molar-refractivity contribution >= 4 is 16.9 Å². The average Bonchev–Trinajstić information content (AvgIpc) is 2.81. The van der Waals surface area contributed by atoms with Crippen LogP contribution in [0.25, 0.3) is 0 Å². The Labute approximate surface area is 112 Å². The fraction of sp³-hybridized carbons (Fsp3) is 0.500. The number of hydrogen-bond donors (Lipinski definition) is 1. The lowest BCUT2D eigenvalue weighted by Gasteiger charge is -2.25. The van der Waals surface area contributed by atoms with Crippen molar-refractivity contribution < 1.29 is 4.39 Å². The summed E-state index contributed by atoms with van der Waals surface area (Å²) in [5, 5.41) is 4.50.